The first-order valence-electron chi connectivity index (χ1n) is 13.2. The van der Waals surface area contributed by atoms with E-state index in [2.05, 4.69) is 17.0 Å². The highest BCUT2D eigenvalue weighted by atomic mass is 32.1. The molecule has 3 aromatic carbocycles. The van der Waals surface area contributed by atoms with Gasteiger partial charge in [0, 0.05) is 22.9 Å². The summed E-state index contributed by atoms with van der Waals surface area (Å²) in [5, 5.41) is 9.20. The van der Waals surface area contributed by atoms with Crippen molar-refractivity contribution in [2.24, 2.45) is 0 Å². The van der Waals surface area contributed by atoms with Crippen molar-refractivity contribution in [2.75, 3.05) is 13.7 Å². The molecule has 206 valence electrons. The van der Waals surface area contributed by atoms with Gasteiger partial charge in [-0.3, -0.25) is 4.79 Å². The lowest BCUT2D eigenvalue weighted by molar-refractivity contribution is 0.309. The van der Waals surface area contributed by atoms with Crippen LogP contribution in [-0.4, -0.2) is 38.1 Å². The molecule has 41 heavy (non-hydrogen) atoms. The van der Waals surface area contributed by atoms with E-state index in [1.54, 1.807) is 22.9 Å². The van der Waals surface area contributed by atoms with Crippen molar-refractivity contribution in [2.45, 2.75) is 19.8 Å². The number of para-hydroxylation sites is 1. The van der Waals surface area contributed by atoms with Gasteiger partial charge in [0.05, 0.1) is 23.9 Å². The Kier molecular flexibility index (Phi) is 7.30. The van der Waals surface area contributed by atoms with E-state index < -0.39 is 5.82 Å². The smallest absolute Gasteiger partial charge is 0.291 e. The summed E-state index contributed by atoms with van der Waals surface area (Å²) in [6, 6.07) is 21.8. The summed E-state index contributed by atoms with van der Waals surface area (Å²) in [5.41, 5.74) is 3.07. The number of ether oxygens (including phenoxy) is 2. The summed E-state index contributed by atoms with van der Waals surface area (Å²) in [6.45, 7) is 2.79. The molecule has 0 atom stereocenters. The average Bonchev–Trinajstić information content (AvgIpc) is 3.69. The molecule has 0 aliphatic heterocycles. The quantitative estimate of drug-likeness (QED) is 0.213. The van der Waals surface area contributed by atoms with Crippen LogP contribution in [-0.2, 0) is 0 Å². The van der Waals surface area contributed by atoms with Gasteiger partial charge in [-0.05, 0) is 67.1 Å². The van der Waals surface area contributed by atoms with E-state index in [1.807, 2.05) is 60.8 Å². The molecule has 0 fully saturated rings. The van der Waals surface area contributed by atoms with E-state index in [0.29, 0.717) is 38.7 Å². The third kappa shape index (κ3) is 5.33. The molecular weight excluding hydrogens is 541 g/mol. The molecule has 6 rings (SSSR count). The first-order valence-corrected chi connectivity index (χ1v) is 14.0. The molecule has 0 N–H and O–H groups in total. The number of hydrogen-bond donors (Lipinski definition) is 0. The Morgan fingerprint density at radius 3 is 2.49 bits per heavy atom. The summed E-state index contributed by atoms with van der Waals surface area (Å²) in [6.07, 6.45) is 5.63. The van der Waals surface area contributed by atoms with Gasteiger partial charge in [0.15, 0.2) is 17.4 Å². The molecule has 0 unspecified atom stereocenters. The molecule has 6 aromatic rings. The van der Waals surface area contributed by atoms with Crippen LogP contribution in [0.5, 0.6) is 11.5 Å². The topological polar surface area (TPSA) is 83.5 Å². The van der Waals surface area contributed by atoms with E-state index in [0.717, 1.165) is 29.8 Å². The van der Waals surface area contributed by atoms with E-state index in [-0.39, 0.29) is 11.3 Å². The zero-order chi connectivity index (χ0) is 28.3. The first kappa shape index (κ1) is 26.4. The fraction of sp³-hybridized carbons (Fsp3) is 0.161. The fourth-order valence-electron chi connectivity index (χ4n) is 4.38. The lowest BCUT2D eigenvalue weighted by atomic mass is 10.1. The number of methoxy groups -OCH3 is 1. The first-order chi connectivity index (χ1) is 20.0. The predicted octanol–water partition coefficient (Wildman–Crippen LogP) is 5.55. The molecule has 0 aliphatic rings. The lowest BCUT2D eigenvalue weighted by Crippen LogP contribution is -2.23. The molecular formula is C31H26FN5O3S. The molecule has 8 nitrogen and oxygen atoms in total. The van der Waals surface area contributed by atoms with Crippen LogP contribution in [0.1, 0.15) is 25.3 Å². The van der Waals surface area contributed by atoms with Crippen LogP contribution >= 0.6 is 11.3 Å². The zero-order valence-electron chi connectivity index (χ0n) is 22.5. The summed E-state index contributed by atoms with van der Waals surface area (Å²) in [5.74, 6) is 0.893. The number of thiazole rings is 1. The van der Waals surface area contributed by atoms with Crippen LogP contribution in [0, 0.1) is 5.82 Å². The molecule has 0 bridgehead atoms. The summed E-state index contributed by atoms with van der Waals surface area (Å²) in [4.78, 5) is 18.4. The van der Waals surface area contributed by atoms with E-state index in [9.17, 15) is 9.18 Å². The van der Waals surface area contributed by atoms with Crippen molar-refractivity contribution in [3.8, 4) is 39.8 Å². The summed E-state index contributed by atoms with van der Waals surface area (Å²) in [7, 11) is 1.42. The van der Waals surface area contributed by atoms with Gasteiger partial charge < -0.3 is 9.47 Å². The highest BCUT2D eigenvalue weighted by molar-refractivity contribution is 7.15. The third-order valence-corrected chi connectivity index (χ3v) is 7.50. The standard InChI is InChI=1S/C31H26FN5O3S/c1-3-4-16-40-24-13-10-20(11-14-24)29-33-31-37(35-29)30(38)27(41-31)18-22-19-36(23-8-6-5-7-9-23)34-28(22)21-12-15-26(39-2)25(32)17-21/h5-15,17-19H,3-4,16H2,1-2H3. The minimum Gasteiger partial charge on any atom is -0.494 e. The Hall–Kier alpha value is -4.83. The summed E-state index contributed by atoms with van der Waals surface area (Å²) >= 11 is 1.23. The van der Waals surface area contributed by atoms with Gasteiger partial charge in [-0.1, -0.05) is 42.9 Å². The number of aromatic nitrogens is 5. The second kappa shape index (κ2) is 11.3. The van der Waals surface area contributed by atoms with Gasteiger partial charge in [0.1, 0.15) is 11.4 Å². The molecule has 0 radical (unpaired) electrons. The Labute approximate surface area is 238 Å². The molecule has 0 amide bonds. The number of fused-ring (bicyclic) bond motifs is 1. The third-order valence-electron chi connectivity index (χ3n) is 6.54. The van der Waals surface area contributed by atoms with Gasteiger partial charge in [0.2, 0.25) is 4.96 Å². The number of hydrogen-bond acceptors (Lipinski definition) is 7. The van der Waals surface area contributed by atoms with Crippen LogP contribution in [0.3, 0.4) is 0 Å². The SMILES string of the molecule is CCCCOc1ccc(-c2nc3sc(=Cc4cn(-c5ccccc5)nc4-c4ccc(OC)c(F)c4)c(=O)n3n2)cc1. The van der Waals surface area contributed by atoms with Gasteiger partial charge in [-0.15, -0.1) is 5.10 Å². The second-order valence-corrected chi connectivity index (χ2v) is 10.3. The molecule has 0 spiro atoms. The van der Waals surface area contributed by atoms with Crippen LogP contribution in [0.25, 0.3) is 39.4 Å². The van der Waals surface area contributed by atoms with Crippen molar-refractivity contribution >= 4 is 22.4 Å². The number of halogens is 1. The average molecular weight is 568 g/mol. The molecule has 3 heterocycles. The largest absolute Gasteiger partial charge is 0.494 e. The van der Waals surface area contributed by atoms with Crippen LogP contribution in [0.15, 0.2) is 83.8 Å². The Morgan fingerprint density at radius 2 is 1.78 bits per heavy atom. The minimum absolute atomic E-state index is 0.142. The van der Waals surface area contributed by atoms with Crippen molar-refractivity contribution in [3.63, 3.8) is 0 Å². The Bertz CT molecular complexity index is 1930. The molecule has 0 aliphatic carbocycles. The van der Waals surface area contributed by atoms with Crippen molar-refractivity contribution < 1.29 is 13.9 Å². The number of benzene rings is 3. The second-order valence-electron chi connectivity index (χ2n) is 9.33. The van der Waals surface area contributed by atoms with Gasteiger partial charge >= 0.3 is 0 Å². The maximum Gasteiger partial charge on any atom is 0.291 e. The van der Waals surface area contributed by atoms with Crippen molar-refractivity contribution in [3.05, 3.63) is 105 Å². The Balaban J connectivity index is 1.38. The minimum atomic E-state index is -0.499. The van der Waals surface area contributed by atoms with E-state index >= 15 is 0 Å². The van der Waals surface area contributed by atoms with Crippen LogP contribution in [0.4, 0.5) is 4.39 Å². The number of rotatable bonds is 9. The van der Waals surface area contributed by atoms with Crippen LogP contribution in [0.2, 0.25) is 0 Å². The van der Waals surface area contributed by atoms with E-state index in [4.69, 9.17) is 14.6 Å². The maximum absolute atomic E-state index is 14.6. The summed E-state index contributed by atoms with van der Waals surface area (Å²) < 4.78 is 28.9. The molecule has 0 saturated heterocycles. The monoisotopic (exact) mass is 567 g/mol. The number of nitrogens with zero attached hydrogens (tertiary/aromatic N) is 5. The maximum atomic E-state index is 14.6. The van der Waals surface area contributed by atoms with Gasteiger partial charge in [-0.2, -0.15) is 14.6 Å². The highest BCUT2D eigenvalue weighted by Gasteiger charge is 2.16. The Morgan fingerprint density at radius 1 is 1.00 bits per heavy atom. The molecule has 0 saturated carbocycles. The van der Waals surface area contributed by atoms with Crippen LogP contribution < -0.4 is 19.6 Å². The predicted molar refractivity (Wildman–Crippen MR) is 157 cm³/mol. The van der Waals surface area contributed by atoms with Gasteiger partial charge in [0.25, 0.3) is 5.56 Å². The molecule has 3 aromatic heterocycles. The van der Waals surface area contributed by atoms with E-state index in [1.165, 1.54) is 29.0 Å². The zero-order valence-corrected chi connectivity index (χ0v) is 23.3. The van der Waals surface area contributed by atoms with Crippen molar-refractivity contribution in [1.29, 1.82) is 0 Å². The lowest BCUT2D eigenvalue weighted by Gasteiger charge is -2.05. The highest BCUT2D eigenvalue weighted by Crippen LogP contribution is 2.28. The molecule has 10 heteroatoms. The van der Waals surface area contributed by atoms with Gasteiger partial charge in [-0.25, -0.2) is 9.07 Å². The van der Waals surface area contributed by atoms with Crippen molar-refractivity contribution in [1.82, 2.24) is 24.4 Å². The normalized spacial score (nSPS) is 11.8. The fourth-order valence-corrected chi connectivity index (χ4v) is 5.27. The number of unbranched alkanes of at least 4 members (excludes halogenated alkanes) is 1.